The van der Waals surface area contributed by atoms with E-state index < -0.39 is 0 Å². The summed E-state index contributed by atoms with van der Waals surface area (Å²) < 4.78 is 1.19. The minimum Gasteiger partial charge on any atom is -0.330 e. The van der Waals surface area contributed by atoms with Crippen molar-refractivity contribution in [3.05, 3.63) is 57.6 Å². The Morgan fingerprint density at radius 3 is 2.90 bits per heavy atom. The molecule has 21 heavy (non-hydrogen) atoms. The molecule has 2 aromatic heterocycles. The number of nitrogens with zero attached hydrogens (tertiary/aromatic N) is 1. The summed E-state index contributed by atoms with van der Waals surface area (Å²) >= 11 is 3.35. The summed E-state index contributed by atoms with van der Waals surface area (Å²) in [5.74, 6) is 0.187. The van der Waals surface area contributed by atoms with Gasteiger partial charge in [-0.1, -0.05) is 24.3 Å². The van der Waals surface area contributed by atoms with Crippen molar-refractivity contribution in [2.75, 3.05) is 6.54 Å². The number of rotatable bonds is 2. The summed E-state index contributed by atoms with van der Waals surface area (Å²) in [5.41, 5.74) is 0. The fraction of sp³-hybridized carbons (Fsp3) is 0.235. The van der Waals surface area contributed by atoms with Gasteiger partial charge in [0.15, 0.2) is 0 Å². The van der Waals surface area contributed by atoms with Crippen LogP contribution in [0.15, 0.2) is 47.8 Å². The minimum atomic E-state index is 0.187. The van der Waals surface area contributed by atoms with Crippen LogP contribution in [0.4, 0.5) is 0 Å². The maximum absolute atomic E-state index is 12.9. The Kier molecular flexibility index (Phi) is 3.28. The van der Waals surface area contributed by atoms with Crippen molar-refractivity contribution in [3.8, 4) is 0 Å². The largest absolute Gasteiger partial charge is 0.330 e. The third-order valence-corrected chi connectivity index (χ3v) is 6.10. The third kappa shape index (κ3) is 2.28. The summed E-state index contributed by atoms with van der Waals surface area (Å²) in [6.45, 7) is 0.871. The van der Waals surface area contributed by atoms with Crippen LogP contribution in [0.2, 0.25) is 0 Å². The zero-order valence-electron chi connectivity index (χ0n) is 11.5. The number of carbonyl (C=O) groups excluding carboxylic acids is 1. The molecule has 1 amide bonds. The van der Waals surface area contributed by atoms with Crippen LogP contribution in [0.3, 0.4) is 0 Å². The van der Waals surface area contributed by atoms with E-state index in [9.17, 15) is 4.79 Å². The van der Waals surface area contributed by atoms with Gasteiger partial charge in [-0.2, -0.15) is 0 Å². The summed E-state index contributed by atoms with van der Waals surface area (Å²) in [6.07, 6.45) is 2.18. The van der Waals surface area contributed by atoms with Crippen LogP contribution in [0.25, 0.3) is 10.1 Å². The summed E-state index contributed by atoms with van der Waals surface area (Å²) in [5, 5.41) is 3.26. The van der Waals surface area contributed by atoms with Gasteiger partial charge in [-0.05, 0) is 41.8 Å². The number of hydrogen-bond acceptors (Lipinski definition) is 3. The van der Waals surface area contributed by atoms with Gasteiger partial charge < -0.3 is 4.90 Å². The van der Waals surface area contributed by atoms with Gasteiger partial charge in [0.1, 0.15) is 0 Å². The van der Waals surface area contributed by atoms with Crippen molar-refractivity contribution < 1.29 is 4.79 Å². The van der Waals surface area contributed by atoms with Crippen LogP contribution in [-0.2, 0) is 0 Å². The molecule has 0 N–H and O–H groups in total. The molecule has 2 nitrogen and oxygen atoms in total. The molecular weight excluding hydrogens is 298 g/mol. The van der Waals surface area contributed by atoms with Gasteiger partial charge >= 0.3 is 0 Å². The van der Waals surface area contributed by atoms with Crippen LogP contribution < -0.4 is 0 Å². The maximum atomic E-state index is 12.9. The molecule has 106 valence electrons. The number of likely N-dealkylation sites (tertiary alicyclic amines) is 1. The van der Waals surface area contributed by atoms with E-state index >= 15 is 0 Å². The van der Waals surface area contributed by atoms with E-state index in [2.05, 4.69) is 34.5 Å². The molecular formula is C17H15NOS2. The zero-order chi connectivity index (χ0) is 14.2. The summed E-state index contributed by atoms with van der Waals surface area (Å²) in [6, 6.07) is 14.7. The van der Waals surface area contributed by atoms with Crippen molar-refractivity contribution in [2.24, 2.45) is 0 Å². The second-order valence-electron chi connectivity index (χ2n) is 5.32. The average molecular weight is 313 g/mol. The van der Waals surface area contributed by atoms with Gasteiger partial charge in [-0.25, -0.2) is 0 Å². The number of benzene rings is 1. The van der Waals surface area contributed by atoms with E-state index in [0.29, 0.717) is 0 Å². The van der Waals surface area contributed by atoms with Gasteiger partial charge in [0.05, 0.1) is 10.9 Å². The van der Waals surface area contributed by atoms with Crippen molar-refractivity contribution in [1.82, 2.24) is 4.90 Å². The van der Waals surface area contributed by atoms with E-state index in [0.717, 1.165) is 29.6 Å². The highest BCUT2D eigenvalue weighted by Crippen LogP contribution is 2.37. The highest BCUT2D eigenvalue weighted by molar-refractivity contribution is 7.20. The number of carbonyl (C=O) groups is 1. The molecule has 1 aliphatic rings. The average Bonchev–Trinajstić information content (AvgIpc) is 3.23. The SMILES string of the molecule is O=C(c1cc2ccccc2s1)N1CCCC1c1cccs1. The highest BCUT2D eigenvalue weighted by atomic mass is 32.1. The number of amides is 1. The minimum absolute atomic E-state index is 0.187. The zero-order valence-corrected chi connectivity index (χ0v) is 13.1. The van der Waals surface area contributed by atoms with E-state index in [-0.39, 0.29) is 11.9 Å². The summed E-state index contributed by atoms with van der Waals surface area (Å²) in [4.78, 5) is 17.1. The molecule has 1 unspecified atom stereocenters. The Morgan fingerprint density at radius 2 is 2.10 bits per heavy atom. The first-order valence-corrected chi connectivity index (χ1v) is 8.85. The highest BCUT2D eigenvalue weighted by Gasteiger charge is 2.31. The van der Waals surface area contributed by atoms with Crippen LogP contribution in [0.5, 0.6) is 0 Å². The molecule has 0 spiro atoms. The molecule has 1 fully saturated rings. The third-order valence-electron chi connectivity index (χ3n) is 4.02. The second kappa shape index (κ2) is 5.28. The normalized spacial score (nSPS) is 18.5. The Labute approximate surface area is 131 Å². The van der Waals surface area contributed by atoms with Crippen molar-refractivity contribution in [1.29, 1.82) is 0 Å². The molecule has 1 aromatic carbocycles. The summed E-state index contributed by atoms with van der Waals surface area (Å²) in [7, 11) is 0. The first kappa shape index (κ1) is 13.0. The molecule has 0 radical (unpaired) electrons. The standard InChI is InChI=1S/C17H15NOS2/c19-17(16-11-12-5-1-2-7-14(12)21-16)18-9-3-6-13(18)15-8-4-10-20-15/h1-2,4-5,7-8,10-11,13H,3,6,9H2. The van der Waals surface area contributed by atoms with Gasteiger partial charge in [-0.3, -0.25) is 4.79 Å². The van der Waals surface area contributed by atoms with E-state index in [1.54, 1.807) is 22.7 Å². The number of hydrogen-bond donors (Lipinski definition) is 0. The molecule has 1 aliphatic heterocycles. The molecule has 1 saturated heterocycles. The molecule has 0 bridgehead atoms. The van der Waals surface area contributed by atoms with E-state index in [1.807, 2.05) is 18.2 Å². The van der Waals surface area contributed by atoms with Gasteiger partial charge in [0.2, 0.25) is 0 Å². The molecule has 4 heteroatoms. The Bertz CT molecular complexity index is 742. The Balaban J connectivity index is 1.67. The lowest BCUT2D eigenvalue weighted by Gasteiger charge is -2.23. The van der Waals surface area contributed by atoms with Crippen LogP contribution in [-0.4, -0.2) is 17.4 Å². The Morgan fingerprint density at radius 1 is 1.19 bits per heavy atom. The van der Waals surface area contributed by atoms with Gasteiger partial charge in [0.25, 0.3) is 5.91 Å². The number of fused-ring (bicyclic) bond motifs is 1. The lowest BCUT2D eigenvalue weighted by molar-refractivity contribution is 0.0743. The maximum Gasteiger partial charge on any atom is 0.264 e. The predicted octanol–water partition coefficient (Wildman–Crippen LogP) is 4.94. The van der Waals surface area contributed by atoms with Crippen molar-refractivity contribution in [2.45, 2.75) is 18.9 Å². The van der Waals surface area contributed by atoms with E-state index in [1.165, 1.54) is 9.58 Å². The number of thiophene rings is 2. The molecule has 1 atom stereocenters. The lowest BCUT2D eigenvalue weighted by Crippen LogP contribution is -2.29. The smallest absolute Gasteiger partial charge is 0.264 e. The Hall–Kier alpha value is -1.65. The molecule has 3 heterocycles. The van der Waals surface area contributed by atoms with E-state index in [4.69, 9.17) is 0 Å². The van der Waals surface area contributed by atoms with Crippen molar-refractivity contribution >= 4 is 38.7 Å². The molecule has 3 aromatic rings. The van der Waals surface area contributed by atoms with Gasteiger partial charge in [0, 0.05) is 16.1 Å². The fourth-order valence-electron chi connectivity index (χ4n) is 3.02. The molecule has 0 saturated carbocycles. The van der Waals surface area contributed by atoms with Gasteiger partial charge in [-0.15, -0.1) is 22.7 Å². The van der Waals surface area contributed by atoms with Crippen LogP contribution in [0, 0.1) is 0 Å². The first-order chi connectivity index (χ1) is 10.3. The quantitative estimate of drug-likeness (QED) is 0.656. The monoisotopic (exact) mass is 313 g/mol. The topological polar surface area (TPSA) is 20.3 Å². The van der Waals surface area contributed by atoms with Crippen LogP contribution in [0.1, 0.15) is 33.4 Å². The second-order valence-corrected chi connectivity index (χ2v) is 7.38. The lowest BCUT2D eigenvalue weighted by atomic mass is 10.2. The predicted molar refractivity (Wildman–Crippen MR) is 89.2 cm³/mol. The fourth-order valence-corrected chi connectivity index (χ4v) is 4.91. The van der Waals surface area contributed by atoms with Crippen molar-refractivity contribution in [3.63, 3.8) is 0 Å². The van der Waals surface area contributed by atoms with Crippen LogP contribution >= 0.6 is 22.7 Å². The first-order valence-electron chi connectivity index (χ1n) is 7.16. The molecule has 0 aliphatic carbocycles. The molecule has 4 rings (SSSR count).